The largest absolute Gasteiger partial charge is 0.366 e. The number of nitrogens with zero attached hydrogens (tertiary/aromatic N) is 3. The molecule has 0 amide bonds. The van der Waals surface area contributed by atoms with Gasteiger partial charge in [0, 0.05) is 18.5 Å². The van der Waals surface area contributed by atoms with E-state index in [1.807, 2.05) is 6.20 Å². The zero-order valence-electron chi connectivity index (χ0n) is 12.2. The fourth-order valence-electron chi connectivity index (χ4n) is 2.26. The number of rotatable bonds is 7. The lowest BCUT2D eigenvalue weighted by Gasteiger charge is -2.26. The van der Waals surface area contributed by atoms with Crippen molar-refractivity contribution < 1.29 is 0 Å². The van der Waals surface area contributed by atoms with Crippen LogP contribution in [-0.4, -0.2) is 22.6 Å². The lowest BCUT2D eigenvalue weighted by atomic mass is 10.2. The first-order valence-electron chi connectivity index (χ1n) is 7.35. The zero-order valence-corrected chi connectivity index (χ0v) is 13.0. The molecule has 0 saturated heterocycles. The Hall–Kier alpha value is -0.830. The van der Waals surface area contributed by atoms with Crippen LogP contribution in [0.15, 0.2) is 6.20 Å². The molecule has 0 atom stereocenters. The highest BCUT2D eigenvalue weighted by atomic mass is 35.5. The second kappa shape index (κ2) is 6.56. The van der Waals surface area contributed by atoms with Gasteiger partial charge in [-0.25, -0.2) is 9.97 Å². The van der Waals surface area contributed by atoms with Gasteiger partial charge < -0.3 is 4.90 Å². The van der Waals surface area contributed by atoms with Crippen molar-refractivity contribution >= 4 is 17.3 Å². The molecule has 1 aliphatic carbocycles. The fraction of sp³-hybridized carbons (Fsp3) is 0.733. The summed E-state index contributed by atoms with van der Waals surface area (Å²) in [6.45, 7) is 7.55. The van der Waals surface area contributed by atoms with Crippen LogP contribution >= 0.6 is 11.6 Å². The number of aromatic nitrogens is 2. The fourth-order valence-corrected chi connectivity index (χ4v) is 2.45. The molecule has 2 rings (SSSR count). The van der Waals surface area contributed by atoms with Crippen LogP contribution in [0.2, 0.25) is 0 Å². The topological polar surface area (TPSA) is 29.0 Å². The zero-order chi connectivity index (χ0) is 13.8. The molecule has 1 aromatic heterocycles. The van der Waals surface area contributed by atoms with Gasteiger partial charge in [0.25, 0.3) is 0 Å². The maximum atomic E-state index is 6.09. The molecule has 19 heavy (non-hydrogen) atoms. The maximum absolute atomic E-state index is 6.09. The van der Waals surface area contributed by atoms with Crippen LogP contribution in [0.5, 0.6) is 0 Å². The first-order valence-corrected chi connectivity index (χ1v) is 7.89. The summed E-state index contributed by atoms with van der Waals surface area (Å²) in [4.78, 5) is 11.6. The van der Waals surface area contributed by atoms with Gasteiger partial charge in [0.15, 0.2) is 0 Å². The van der Waals surface area contributed by atoms with Crippen molar-refractivity contribution in [3.63, 3.8) is 0 Å². The molecular formula is C15H24ClN3. The third-order valence-corrected chi connectivity index (χ3v) is 3.81. The Labute approximate surface area is 121 Å². The van der Waals surface area contributed by atoms with E-state index >= 15 is 0 Å². The predicted octanol–water partition coefficient (Wildman–Crippen LogP) is 4.11. The van der Waals surface area contributed by atoms with Crippen molar-refractivity contribution in [1.29, 1.82) is 0 Å². The molecule has 3 nitrogen and oxygen atoms in total. The molecule has 0 N–H and O–H groups in total. The van der Waals surface area contributed by atoms with Gasteiger partial charge in [-0.15, -0.1) is 11.6 Å². The summed E-state index contributed by atoms with van der Waals surface area (Å²) in [5.74, 6) is 1.71. The third kappa shape index (κ3) is 3.59. The Morgan fingerprint density at radius 3 is 2.68 bits per heavy atom. The van der Waals surface area contributed by atoms with Gasteiger partial charge in [-0.3, -0.25) is 0 Å². The first-order chi connectivity index (χ1) is 9.17. The standard InChI is InChI=1S/C15H24ClN3/c1-4-5-8-19(12-6-7-12)14-10-17-15(11(2)3)18-13(14)9-16/h10-12H,4-9H2,1-3H3. The molecule has 1 aliphatic rings. The molecule has 0 aliphatic heterocycles. The van der Waals surface area contributed by atoms with Crippen molar-refractivity contribution in [1.82, 2.24) is 9.97 Å². The Kier molecular flexibility index (Phi) is 5.03. The second-order valence-electron chi connectivity index (χ2n) is 5.63. The van der Waals surface area contributed by atoms with E-state index in [2.05, 4.69) is 35.6 Å². The first kappa shape index (κ1) is 14.6. The number of hydrogen-bond donors (Lipinski definition) is 0. The van der Waals surface area contributed by atoms with Crippen molar-refractivity contribution in [3.05, 3.63) is 17.7 Å². The van der Waals surface area contributed by atoms with Crippen LogP contribution in [0, 0.1) is 0 Å². The van der Waals surface area contributed by atoms with Crippen molar-refractivity contribution in [2.45, 2.75) is 64.3 Å². The average molecular weight is 282 g/mol. The van der Waals surface area contributed by atoms with Crippen LogP contribution in [0.1, 0.15) is 63.9 Å². The summed E-state index contributed by atoms with van der Waals surface area (Å²) < 4.78 is 0. The van der Waals surface area contributed by atoms with E-state index in [-0.39, 0.29) is 0 Å². The maximum Gasteiger partial charge on any atom is 0.131 e. The Balaban J connectivity index is 2.25. The summed E-state index contributed by atoms with van der Waals surface area (Å²) in [5.41, 5.74) is 2.14. The molecule has 106 valence electrons. The minimum atomic E-state index is 0.348. The summed E-state index contributed by atoms with van der Waals surface area (Å²) >= 11 is 6.09. The second-order valence-corrected chi connectivity index (χ2v) is 5.89. The van der Waals surface area contributed by atoms with Crippen LogP contribution < -0.4 is 4.90 Å². The van der Waals surface area contributed by atoms with Crippen LogP contribution in [0.25, 0.3) is 0 Å². The number of hydrogen-bond acceptors (Lipinski definition) is 3. The Bertz CT molecular complexity index is 416. The molecule has 1 fully saturated rings. The highest BCUT2D eigenvalue weighted by Crippen LogP contribution is 2.33. The monoisotopic (exact) mass is 281 g/mol. The van der Waals surface area contributed by atoms with Crippen LogP contribution in [-0.2, 0) is 5.88 Å². The van der Waals surface area contributed by atoms with Gasteiger partial charge >= 0.3 is 0 Å². The van der Waals surface area contributed by atoms with E-state index in [0.717, 1.165) is 23.8 Å². The molecule has 1 aromatic rings. The highest BCUT2D eigenvalue weighted by molar-refractivity contribution is 6.17. The number of anilines is 1. The Morgan fingerprint density at radius 1 is 1.42 bits per heavy atom. The van der Waals surface area contributed by atoms with E-state index < -0.39 is 0 Å². The van der Waals surface area contributed by atoms with Gasteiger partial charge in [0.1, 0.15) is 5.82 Å². The lowest BCUT2D eigenvalue weighted by Crippen LogP contribution is -2.28. The third-order valence-electron chi connectivity index (χ3n) is 3.56. The van der Waals surface area contributed by atoms with Gasteiger partial charge in [0.05, 0.1) is 23.5 Å². The summed E-state index contributed by atoms with van der Waals surface area (Å²) in [5, 5.41) is 0. The van der Waals surface area contributed by atoms with Gasteiger partial charge in [-0.2, -0.15) is 0 Å². The van der Waals surface area contributed by atoms with Crippen LogP contribution in [0.4, 0.5) is 5.69 Å². The minimum Gasteiger partial charge on any atom is -0.366 e. The molecule has 0 bridgehead atoms. The molecule has 4 heteroatoms. The van der Waals surface area contributed by atoms with Crippen molar-refractivity contribution in [2.24, 2.45) is 0 Å². The van der Waals surface area contributed by atoms with Crippen molar-refractivity contribution in [3.8, 4) is 0 Å². The van der Waals surface area contributed by atoms with E-state index in [9.17, 15) is 0 Å². The number of unbranched alkanes of at least 4 members (excludes halogenated alkanes) is 1. The predicted molar refractivity (Wildman–Crippen MR) is 81.0 cm³/mol. The molecule has 1 saturated carbocycles. The summed E-state index contributed by atoms with van der Waals surface area (Å²) in [6.07, 6.45) is 6.98. The smallest absolute Gasteiger partial charge is 0.131 e. The number of alkyl halides is 1. The van der Waals surface area contributed by atoms with Crippen LogP contribution in [0.3, 0.4) is 0 Å². The minimum absolute atomic E-state index is 0.348. The Morgan fingerprint density at radius 2 is 2.16 bits per heavy atom. The summed E-state index contributed by atoms with van der Waals surface area (Å²) in [7, 11) is 0. The lowest BCUT2D eigenvalue weighted by molar-refractivity contribution is 0.699. The SMILES string of the molecule is CCCCN(c1cnc(C(C)C)nc1CCl)C1CC1. The molecule has 0 spiro atoms. The summed E-state index contributed by atoms with van der Waals surface area (Å²) in [6, 6.07) is 0.682. The van der Waals surface area contributed by atoms with E-state index in [1.165, 1.54) is 25.7 Å². The van der Waals surface area contributed by atoms with E-state index in [1.54, 1.807) is 0 Å². The molecule has 0 aromatic carbocycles. The number of halogens is 1. The van der Waals surface area contributed by atoms with Gasteiger partial charge in [-0.1, -0.05) is 27.2 Å². The molecule has 1 heterocycles. The van der Waals surface area contributed by atoms with E-state index in [4.69, 9.17) is 11.6 Å². The van der Waals surface area contributed by atoms with Gasteiger partial charge in [0.2, 0.25) is 0 Å². The normalized spacial score (nSPS) is 15.0. The highest BCUT2D eigenvalue weighted by Gasteiger charge is 2.30. The molecular weight excluding hydrogens is 258 g/mol. The average Bonchev–Trinajstić information content (AvgIpc) is 3.23. The van der Waals surface area contributed by atoms with Crippen molar-refractivity contribution in [2.75, 3.05) is 11.4 Å². The van der Waals surface area contributed by atoms with Gasteiger partial charge in [-0.05, 0) is 19.3 Å². The molecule has 0 radical (unpaired) electrons. The quantitative estimate of drug-likeness (QED) is 0.705. The molecule has 0 unspecified atom stereocenters. The van der Waals surface area contributed by atoms with E-state index in [0.29, 0.717) is 17.8 Å².